The molecule has 2 aromatic rings. The molecule has 8 heteroatoms. The van der Waals surface area contributed by atoms with Crippen molar-refractivity contribution in [1.82, 2.24) is 20.5 Å². The van der Waals surface area contributed by atoms with Gasteiger partial charge in [-0.05, 0) is 32.1 Å². The van der Waals surface area contributed by atoms with E-state index in [1.807, 2.05) is 5.38 Å². The zero-order valence-electron chi connectivity index (χ0n) is 12.8. The minimum Gasteiger partial charge on any atom is -0.375 e. The van der Waals surface area contributed by atoms with Gasteiger partial charge in [0.05, 0.1) is 23.5 Å². The summed E-state index contributed by atoms with van der Waals surface area (Å²) in [6.07, 6.45) is 6.67. The van der Waals surface area contributed by atoms with Crippen LogP contribution in [0.4, 0.5) is 10.5 Å². The third kappa shape index (κ3) is 2.84. The van der Waals surface area contributed by atoms with Gasteiger partial charge in [-0.2, -0.15) is 5.10 Å². The van der Waals surface area contributed by atoms with Crippen molar-refractivity contribution in [2.24, 2.45) is 5.92 Å². The molecule has 0 radical (unpaired) electrons. The van der Waals surface area contributed by atoms with Gasteiger partial charge in [-0.15, -0.1) is 11.3 Å². The second kappa shape index (κ2) is 5.61. The van der Waals surface area contributed by atoms with E-state index in [2.05, 4.69) is 32.7 Å². The van der Waals surface area contributed by atoms with Crippen molar-refractivity contribution in [3.05, 3.63) is 17.8 Å². The van der Waals surface area contributed by atoms with Crippen LogP contribution in [-0.4, -0.2) is 39.5 Å². The molecule has 0 spiro atoms. The number of aromatic amines is 1. The first-order valence-electron chi connectivity index (χ1n) is 7.80. The fourth-order valence-electron chi connectivity index (χ4n) is 3.22. The molecule has 2 fully saturated rings. The normalized spacial score (nSPS) is 27.1. The summed E-state index contributed by atoms with van der Waals surface area (Å²) in [6.45, 7) is 2.77. The van der Waals surface area contributed by atoms with Crippen molar-refractivity contribution >= 4 is 23.1 Å². The van der Waals surface area contributed by atoms with Crippen LogP contribution in [0.15, 0.2) is 17.8 Å². The summed E-state index contributed by atoms with van der Waals surface area (Å²) in [4.78, 5) is 16.7. The maximum Gasteiger partial charge on any atom is 0.319 e. The van der Waals surface area contributed by atoms with E-state index < -0.39 is 0 Å². The van der Waals surface area contributed by atoms with E-state index in [4.69, 9.17) is 4.74 Å². The molecule has 0 bridgehead atoms. The smallest absolute Gasteiger partial charge is 0.319 e. The van der Waals surface area contributed by atoms with Crippen molar-refractivity contribution in [3.63, 3.8) is 0 Å². The maximum atomic E-state index is 12.4. The Kier molecular flexibility index (Phi) is 3.57. The highest BCUT2D eigenvalue weighted by Crippen LogP contribution is 2.43. The third-order valence-corrected chi connectivity index (χ3v) is 5.32. The van der Waals surface area contributed by atoms with Gasteiger partial charge in [0.2, 0.25) is 0 Å². The summed E-state index contributed by atoms with van der Waals surface area (Å²) < 4.78 is 5.84. The first kappa shape index (κ1) is 14.6. The highest BCUT2D eigenvalue weighted by Gasteiger charge is 2.49. The molecule has 2 aromatic heterocycles. The number of thiazole rings is 1. The van der Waals surface area contributed by atoms with Crippen LogP contribution in [0, 0.1) is 5.92 Å². The van der Waals surface area contributed by atoms with Gasteiger partial charge in [-0.1, -0.05) is 0 Å². The van der Waals surface area contributed by atoms with Crippen LogP contribution in [0.3, 0.4) is 0 Å². The number of H-pyrrole nitrogens is 1. The first-order valence-corrected chi connectivity index (χ1v) is 8.68. The van der Waals surface area contributed by atoms with Gasteiger partial charge in [-0.3, -0.25) is 5.10 Å². The molecule has 7 nitrogen and oxygen atoms in total. The molecular formula is C15H19N5O2S. The van der Waals surface area contributed by atoms with E-state index in [1.165, 1.54) is 24.2 Å². The SMILES string of the molecule is CC1(NC(=O)Nc2cn[nH]c2-c2nccs2)CCOC1C1CC1. The van der Waals surface area contributed by atoms with E-state index in [-0.39, 0.29) is 17.7 Å². The fraction of sp³-hybridized carbons (Fsp3) is 0.533. The summed E-state index contributed by atoms with van der Waals surface area (Å²) >= 11 is 1.49. The molecule has 0 aromatic carbocycles. The lowest BCUT2D eigenvalue weighted by Crippen LogP contribution is -2.53. The Balaban J connectivity index is 1.45. The molecule has 1 saturated carbocycles. The molecule has 3 N–H and O–H groups in total. The third-order valence-electron chi connectivity index (χ3n) is 4.53. The fourth-order valence-corrected chi connectivity index (χ4v) is 3.86. The molecule has 2 amide bonds. The Hall–Kier alpha value is -1.93. The van der Waals surface area contributed by atoms with Crippen LogP contribution in [0.25, 0.3) is 10.7 Å². The molecule has 122 valence electrons. The molecule has 1 aliphatic heterocycles. The lowest BCUT2D eigenvalue weighted by Gasteiger charge is -2.31. The summed E-state index contributed by atoms with van der Waals surface area (Å²) in [5.41, 5.74) is 1.04. The molecular weight excluding hydrogens is 314 g/mol. The Bertz CT molecular complexity index is 697. The number of hydrogen-bond acceptors (Lipinski definition) is 5. The number of carbonyl (C=O) groups excluding carboxylic acids is 1. The summed E-state index contributed by atoms with van der Waals surface area (Å²) in [5, 5.41) is 15.6. The lowest BCUT2D eigenvalue weighted by molar-refractivity contribution is 0.0597. The molecule has 3 heterocycles. The lowest BCUT2D eigenvalue weighted by atomic mass is 9.90. The van der Waals surface area contributed by atoms with E-state index >= 15 is 0 Å². The van der Waals surface area contributed by atoms with Gasteiger partial charge < -0.3 is 15.4 Å². The number of hydrogen-bond donors (Lipinski definition) is 3. The molecule has 2 atom stereocenters. The summed E-state index contributed by atoms with van der Waals surface area (Å²) in [7, 11) is 0. The number of aromatic nitrogens is 3. The van der Waals surface area contributed by atoms with E-state index in [9.17, 15) is 4.79 Å². The second-order valence-electron chi connectivity index (χ2n) is 6.37. The Labute approximate surface area is 137 Å². The van der Waals surface area contributed by atoms with Crippen LogP contribution in [0.5, 0.6) is 0 Å². The molecule has 23 heavy (non-hydrogen) atoms. The van der Waals surface area contributed by atoms with Crippen molar-refractivity contribution in [2.45, 2.75) is 37.8 Å². The van der Waals surface area contributed by atoms with Crippen LogP contribution in [0.1, 0.15) is 26.2 Å². The van der Waals surface area contributed by atoms with Crippen molar-refractivity contribution < 1.29 is 9.53 Å². The van der Waals surface area contributed by atoms with Gasteiger partial charge in [-0.25, -0.2) is 9.78 Å². The highest BCUT2D eigenvalue weighted by molar-refractivity contribution is 7.13. The standard InChI is InChI=1S/C15H19N5O2S/c1-15(4-6-22-12(15)9-2-3-9)19-14(21)18-10-8-17-20-11(10)13-16-5-7-23-13/h5,7-9,12H,2-4,6H2,1H3,(H,17,20)(H2,18,19,21). The monoisotopic (exact) mass is 333 g/mol. The maximum absolute atomic E-state index is 12.4. The summed E-state index contributed by atoms with van der Waals surface area (Å²) in [5.74, 6) is 0.586. The average Bonchev–Trinajstić information content (AvgIpc) is 2.91. The number of carbonyl (C=O) groups is 1. The van der Waals surface area contributed by atoms with Gasteiger partial charge in [0.25, 0.3) is 0 Å². The number of nitrogens with zero attached hydrogens (tertiary/aromatic N) is 2. The predicted molar refractivity (Wildman–Crippen MR) is 87.3 cm³/mol. The Morgan fingerprint density at radius 3 is 3.13 bits per heavy atom. The van der Waals surface area contributed by atoms with E-state index in [0.717, 1.165) is 17.1 Å². The minimum absolute atomic E-state index is 0.121. The van der Waals surface area contributed by atoms with Gasteiger partial charge >= 0.3 is 6.03 Å². The first-order chi connectivity index (χ1) is 11.2. The molecule has 2 aliphatic rings. The zero-order valence-corrected chi connectivity index (χ0v) is 13.7. The van der Waals surface area contributed by atoms with E-state index in [0.29, 0.717) is 18.2 Å². The van der Waals surface area contributed by atoms with E-state index in [1.54, 1.807) is 12.4 Å². The van der Waals surface area contributed by atoms with Gasteiger partial charge in [0.15, 0.2) is 0 Å². The summed E-state index contributed by atoms with van der Waals surface area (Å²) in [6, 6.07) is -0.233. The average molecular weight is 333 g/mol. The van der Waals surface area contributed by atoms with Crippen molar-refractivity contribution in [3.8, 4) is 10.7 Å². The quantitative estimate of drug-likeness (QED) is 0.802. The number of anilines is 1. The van der Waals surface area contributed by atoms with Gasteiger partial charge in [0, 0.05) is 18.2 Å². The Morgan fingerprint density at radius 2 is 2.39 bits per heavy atom. The number of nitrogens with one attached hydrogen (secondary N) is 3. The highest BCUT2D eigenvalue weighted by atomic mass is 32.1. The van der Waals surface area contributed by atoms with Crippen molar-refractivity contribution in [1.29, 1.82) is 0 Å². The number of urea groups is 1. The minimum atomic E-state index is -0.309. The molecule has 2 unspecified atom stereocenters. The Morgan fingerprint density at radius 1 is 1.52 bits per heavy atom. The predicted octanol–water partition coefficient (Wildman–Crippen LogP) is 2.61. The van der Waals surface area contributed by atoms with Crippen LogP contribution in [0.2, 0.25) is 0 Å². The molecule has 1 aliphatic carbocycles. The largest absolute Gasteiger partial charge is 0.375 e. The van der Waals surface area contributed by atoms with Gasteiger partial charge in [0.1, 0.15) is 10.7 Å². The molecule has 1 saturated heterocycles. The second-order valence-corrected chi connectivity index (χ2v) is 7.27. The number of amides is 2. The van der Waals surface area contributed by atoms with Crippen molar-refractivity contribution in [2.75, 3.05) is 11.9 Å². The topological polar surface area (TPSA) is 91.9 Å². The van der Waals surface area contributed by atoms with Crippen LogP contribution >= 0.6 is 11.3 Å². The van der Waals surface area contributed by atoms with Crippen LogP contribution < -0.4 is 10.6 Å². The number of ether oxygens (including phenoxy) is 1. The van der Waals surface area contributed by atoms with Crippen LogP contribution in [-0.2, 0) is 4.74 Å². The molecule has 4 rings (SSSR count). The zero-order chi connectivity index (χ0) is 15.9. The number of rotatable bonds is 4.